The molecule has 1 aliphatic rings. The molecule has 2 rings (SSSR count). The van der Waals surface area contributed by atoms with Crippen LogP contribution < -0.4 is 15.4 Å². The van der Waals surface area contributed by atoms with Gasteiger partial charge in [0, 0.05) is 12.7 Å². The van der Waals surface area contributed by atoms with Crippen molar-refractivity contribution in [3.05, 3.63) is 23.9 Å². The van der Waals surface area contributed by atoms with Crippen LogP contribution in [-0.4, -0.2) is 43.3 Å². The number of rotatable bonds is 5. The summed E-state index contributed by atoms with van der Waals surface area (Å²) in [5, 5.41) is 6.03. The summed E-state index contributed by atoms with van der Waals surface area (Å²) in [6.45, 7) is 2.84. The van der Waals surface area contributed by atoms with Crippen molar-refractivity contribution in [3.63, 3.8) is 0 Å². The first-order valence-corrected chi connectivity index (χ1v) is 7.43. The summed E-state index contributed by atoms with van der Waals surface area (Å²) in [4.78, 5) is 16.0. The predicted octanol–water partition coefficient (Wildman–Crippen LogP) is 2.14. The van der Waals surface area contributed by atoms with Crippen LogP contribution in [0.15, 0.2) is 18.3 Å². The highest BCUT2D eigenvalue weighted by molar-refractivity contribution is 5.96. The lowest BCUT2D eigenvalue weighted by atomic mass is 9.81. The van der Waals surface area contributed by atoms with E-state index in [4.69, 9.17) is 0 Å². The van der Waals surface area contributed by atoms with E-state index >= 15 is 0 Å². The number of alkyl halides is 3. The highest BCUT2D eigenvalue weighted by Gasteiger charge is 2.30. The van der Waals surface area contributed by atoms with E-state index in [1.54, 1.807) is 0 Å². The maximum absolute atomic E-state index is 12.3. The molecule has 0 unspecified atom stereocenters. The van der Waals surface area contributed by atoms with E-state index in [1.807, 2.05) is 0 Å². The molecule has 0 aromatic carbocycles. The number of pyridine rings is 1. The minimum Gasteiger partial charge on any atom is -0.467 e. The molecule has 23 heavy (non-hydrogen) atoms. The molecule has 8 heteroatoms. The molecule has 0 radical (unpaired) electrons. The molecule has 1 amide bonds. The number of nitrogens with zero attached hydrogens (tertiary/aromatic N) is 1. The molecule has 1 aliphatic heterocycles. The van der Waals surface area contributed by atoms with Gasteiger partial charge in [0.05, 0.1) is 0 Å². The molecule has 1 fully saturated rings. The number of aromatic nitrogens is 1. The van der Waals surface area contributed by atoms with Crippen LogP contribution in [-0.2, 0) is 0 Å². The molecule has 128 valence electrons. The second-order valence-corrected chi connectivity index (χ2v) is 6.00. The van der Waals surface area contributed by atoms with Gasteiger partial charge >= 0.3 is 6.18 Å². The Morgan fingerprint density at radius 1 is 1.43 bits per heavy atom. The number of carbonyl (C=O) groups excluding carboxylic acids is 1. The molecule has 1 saturated heterocycles. The molecule has 0 spiro atoms. The van der Waals surface area contributed by atoms with Crippen molar-refractivity contribution in [1.29, 1.82) is 0 Å². The third kappa shape index (κ3) is 5.38. The Balaban J connectivity index is 1.98. The van der Waals surface area contributed by atoms with Gasteiger partial charge in [-0.3, -0.25) is 4.79 Å². The first-order chi connectivity index (χ1) is 10.8. The van der Waals surface area contributed by atoms with Crippen LogP contribution in [0.25, 0.3) is 0 Å². The fourth-order valence-electron chi connectivity index (χ4n) is 2.42. The van der Waals surface area contributed by atoms with E-state index in [-0.39, 0.29) is 16.9 Å². The van der Waals surface area contributed by atoms with Crippen LogP contribution in [0, 0.1) is 5.41 Å². The van der Waals surface area contributed by atoms with Crippen molar-refractivity contribution in [1.82, 2.24) is 15.6 Å². The van der Waals surface area contributed by atoms with Crippen molar-refractivity contribution >= 4 is 5.91 Å². The van der Waals surface area contributed by atoms with Crippen molar-refractivity contribution in [2.45, 2.75) is 25.9 Å². The molecular formula is C15H20F3N3O2. The number of halogens is 3. The lowest BCUT2D eigenvalue weighted by molar-refractivity contribution is -0.154. The van der Waals surface area contributed by atoms with Gasteiger partial charge in [0.1, 0.15) is 5.56 Å². The van der Waals surface area contributed by atoms with Gasteiger partial charge < -0.3 is 15.4 Å². The fraction of sp³-hybridized carbons (Fsp3) is 0.600. The number of hydrogen-bond donors (Lipinski definition) is 2. The Labute approximate surface area is 132 Å². The summed E-state index contributed by atoms with van der Waals surface area (Å²) < 4.78 is 41.4. The minimum atomic E-state index is -4.48. The van der Waals surface area contributed by atoms with E-state index in [0.29, 0.717) is 6.54 Å². The zero-order chi connectivity index (χ0) is 16.9. The highest BCUT2D eigenvalue weighted by Crippen LogP contribution is 2.27. The van der Waals surface area contributed by atoms with Gasteiger partial charge in [-0.15, -0.1) is 0 Å². The number of piperidine rings is 1. The third-order valence-electron chi connectivity index (χ3n) is 3.87. The number of carbonyl (C=O) groups is 1. The van der Waals surface area contributed by atoms with Crippen molar-refractivity contribution in [3.8, 4) is 5.88 Å². The van der Waals surface area contributed by atoms with Crippen molar-refractivity contribution in [2.24, 2.45) is 5.41 Å². The van der Waals surface area contributed by atoms with Crippen molar-refractivity contribution < 1.29 is 22.7 Å². The van der Waals surface area contributed by atoms with Gasteiger partial charge in [0.2, 0.25) is 5.88 Å². The molecule has 2 N–H and O–H groups in total. The van der Waals surface area contributed by atoms with E-state index in [2.05, 4.69) is 27.3 Å². The first-order valence-electron chi connectivity index (χ1n) is 7.43. The smallest absolute Gasteiger partial charge is 0.422 e. The molecule has 1 aromatic heterocycles. The number of nitrogens with one attached hydrogen (secondary N) is 2. The highest BCUT2D eigenvalue weighted by atomic mass is 19.4. The summed E-state index contributed by atoms with van der Waals surface area (Å²) in [7, 11) is 0. The Bertz CT molecular complexity index is 543. The number of amides is 1. The van der Waals surface area contributed by atoms with Gasteiger partial charge in [-0.2, -0.15) is 13.2 Å². The summed E-state index contributed by atoms with van der Waals surface area (Å²) in [5.41, 5.74) is -0.00915. The molecule has 5 nitrogen and oxygen atoms in total. The van der Waals surface area contributed by atoms with Gasteiger partial charge in [-0.1, -0.05) is 6.92 Å². The second kappa shape index (κ2) is 7.16. The summed E-state index contributed by atoms with van der Waals surface area (Å²) in [6.07, 6.45) is -1.33. The quantitative estimate of drug-likeness (QED) is 0.868. The lowest BCUT2D eigenvalue weighted by Crippen LogP contribution is -2.43. The molecule has 0 aliphatic carbocycles. The SMILES string of the molecule is CC1(CNC(=O)c2cccnc2OCC(F)(F)F)CCNCC1. The van der Waals surface area contributed by atoms with Crippen LogP contribution in [0.4, 0.5) is 13.2 Å². The Kier molecular flexibility index (Phi) is 5.46. The maximum atomic E-state index is 12.3. The average molecular weight is 331 g/mol. The summed E-state index contributed by atoms with van der Waals surface area (Å²) in [6, 6.07) is 2.89. The molecule has 1 aromatic rings. The van der Waals surface area contributed by atoms with Crippen LogP contribution in [0.3, 0.4) is 0 Å². The van der Waals surface area contributed by atoms with Crippen LogP contribution in [0.5, 0.6) is 5.88 Å². The summed E-state index contributed by atoms with van der Waals surface area (Å²) >= 11 is 0. The Hall–Kier alpha value is -1.83. The standard InChI is InChI=1S/C15H20F3N3O2/c1-14(4-7-19-8-5-14)9-21-12(22)11-3-2-6-20-13(11)23-10-15(16,17)18/h2-3,6,19H,4-5,7-10H2,1H3,(H,21,22). The van der Waals surface area contributed by atoms with E-state index < -0.39 is 18.7 Å². The second-order valence-electron chi connectivity index (χ2n) is 6.00. The zero-order valence-electron chi connectivity index (χ0n) is 12.9. The minimum absolute atomic E-state index is 0.00860. The van der Waals surface area contributed by atoms with E-state index in [0.717, 1.165) is 25.9 Å². The van der Waals surface area contributed by atoms with Crippen LogP contribution in [0.2, 0.25) is 0 Å². The molecule has 0 saturated carbocycles. The van der Waals surface area contributed by atoms with Gasteiger partial charge in [-0.05, 0) is 43.5 Å². The fourth-order valence-corrected chi connectivity index (χ4v) is 2.42. The lowest BCUT2D eigenvalue weighted by Gasteiger charge is -2.34. The zero-order valence-corrected chi connectivity index (χ0v) is 12.9. The molecule has 0 atom stereocenters. The van der Waals surface area contributed by atoms with Crippen LogP contribution >= 0.6 is 0 Å². The molecule has 0 bridgehead atoms. The predicted molar refractivity (Wildman–Crippen MR) is 78.3 cm³/mol. The number of ether oxygens (including phenoxy) is 1. The first kappa shape index (κ1) is 17.5. The van der Waals surface area contributed by atoms with Crippen LogP contribution in [0.1, 0.15) is 30.1 Å². The third-order valence-corrected chi connectivity index (χ3v) is 3.87. The van der Waals surface area contributed by atoms with Crippen molar-refractivity contribution in [2.75, 3.05) is 26.2 Å². The monoisotopic (exact) mass is 331 g/mol. The number of hydrogen-bond acceptors (Lipinski definition) is 4. The topological polar surface area (TPSA) is 63.2 Å². The molecular weight excluding hydrogens is 311 g/mol. The van der Waals surface area contributed by atoms with Gasteiger partial charge in [-0.25, -0.2) is 4.98 Å². The Morgan fingerprint density at radius 3 is 2.78 bits per heavy atom. The molecule has 2 heterocycles. The normalized spacial score (nSPS) is 17.6. The average Bonchev–Trinajstić information content (AvgIpc) is 2.51. The Morgan fingerprint density at radius 2 is 2.13 bits per heavy atom. The van der Waals surface area contributed by atoms with E-state index in [1.165, 1.54) is 18.3 Å². The van der Waals surface area contributed by atoms with Gasteiger partial charge in [0.25, 0.3) is 5.91 Å². The maximum Gasteiger partial charge on any atom is 0.422 e. The largest absolute Gasteiger partial charge is 0.467 e. The van der Waals surface area contributed by atoms with Gasteiger partial charge in [0.15, 0.2) is 6.61 Å². The summed E-state index contributed by atoms with van der Waals surface area (Å²) in [5.74, 6) is -0.784. The van der Waals surface area contributed by atoms with E-state index in [9.17, 15) is 18.0 Å².